The van der Waals surface area contributed by atoms with Crippen LogP contribution in [-0.4, -0.2) is 25.6 Å². The average Bonchev–Trinajstić information content (AvgIpc) is 2.64. The topological polar surface area (TPSA) is 79.5 Å². The van der Waals surface area contributed by atoms with E-state index >= 15 is 0 Å². The van der Waals surface area contributed by atoms with E-state index < -0.39 is 11.6 Å². The zero-order valence-corrected chi connectivity index (χ0v) is 9.87. The fraction of sp³-hybridized carbons (Fsp3) is 0.333. The number of imide groups is 1. The van der Waals surface area contributed by atoms with Crippen LogP contribution in [0.2, 0.25) is 0 Å². The molecular formula is C12H13N3O3. The molecule has 3 amide bonds. The number of anilines is 1. The third kappa shape index (κ3) is 1.35. The number of nitrogens with one attached hydrogen (secondary N) is 3. The lowest BCUT2D eigenvalue weighted by Crippen LogP contribution is -2.47. The van der Waals surface area contributed by atoms with Gasteiger partial charge in [-0.25, -0.2) is 4.79 Å². The summed E-state index contributed by atoms with van der Waals surface area (Å²) in [5.41, 5.74) is 0.653. The molecule has 1 aromatic rings. The Bertz CT molecular complexity index is 543. The summed E-state index contributed by atoms with van der Waals surface area (Å²) in [5, 5.41) is 8.24. The number of urea groups is 1. The number of fused-ring (bicyclic) bond motifs is 2. The number of ether oxygens (including phenoxy) is 1. The van der Waals surface area contributed by atoms with Crippen LogP contribution in [0.4, 0.5) is 10.5 Å². The third-order valence-electron chi connectivity index (χ3n) is 3.44. The molecule has 0 aromatic heterocycles. The molecule has 0 radical (unpaired) electrons. The van der Waals surface area contributed by atoms with Crippen molar-refractivity contribution in [2.24, 2.45) is 0 Å². The van der Waals surface area contributed by atoms with Crippen LogP contribution in [0, 0.1) is 0 Å². The van der Waals surface area contributed by atoms with Crippen LogP contribution in [0.5, 0.6) is 5.75 Å². The summed E-state index contributed by atoms with van der Waals surface area (Å²) in [6.45, 7) is 0.619. The van der Waals surface area contributed by atoms with Crippen molar-refractivity contribution >= 4 is 17.6 Å². The van der Waals surface area contributed by atoms with Gasteiger partial charge in [0.2, 0.25) is 0 Å². The molecule has 3 N–H and O–H groups in total. The summed E-state index contributed by atoms with van der Waals surface area (Å²) in [6.07, 6.45) is 0.532. The molecule has 2 aliphatic heterocycles. The van der Waals surface area contributed by atoms with Gasteiger partial charge in [0.25, 0.3) is 5.91 Å². The maximum Gasteiger partial charge on any atom is 0.322 e. The molecule has 1 fully saturated rings. The molecule has 1 unspecified atom stereocenters. The number of amides is 3. The van der Waals surface area contributed by atoms with Gasteiger partial charge in [-0.1, -0.05) is 6.07 Å². The fourth-order valence-corrected chi connectivity index (χ4v) is 2.55. The van der Waals surface area contributed by atoms with Crippen molar-refractivity contribution in [2.45, 2.75) is 12.0 Å². The number of rotatable bonds is 1. The van der Waals surface area contributed by atoms with Crippen molar-refractivity contribution in [1.82, 2.24) is 10.6 Å². The van der Waals surface area contributed by atoms with Crippen molar-refractivity contribution in [2.75, 3.05) is 19.0 Å². The van der Waals surface area contributed by atoms with Crippen molar-refractivity contribution in [3.63, 3.8) is 0 Å². The van der Waals surface area contributed by atoms with Crippen molar-refractivity contribution in [3.05, 3.63) is 23.8 Å². The second kappa shape index (κ2) is 3.63. The first-order chi connectivity index (χ1) is 8.65. The molecule has 1 saturated heterocycles. The van der Waals surface area contributed by atoms with E-state index in [1.807, 2.05) is 12.1 Å². The zero-order chi connectivity index (χ0) is 12.8. The van der Waals surface area contributed by atoms with Gasteiger partial charge in [-0.2, -0.15) is 0 Å². The molecular weight excluding hydrogens is 234 g/mol. The highest BCUT2D eigenvalue weighted by Crippen LogP contribution is 2.38. The molecule has 0 bridgehead atoms. The highest BCUT2D eigenvalue weighted by atomic mass is 16.5. The minimum atomic E-state index is -0.941. The van der Waals surface area contributed by atoms with Gasteiger partial charge >= 0.3 is 6.03 Å². The molecule has 2 aliphatic rings. The Morgan fingerprint density at radius 2 is 2.17 bits per heavy atom. The normalized spacial score (nSPS) is 25.2. The van der Waals surface area contributed by atoms with Crippen LogP contribution in [0.15, 0.2) is 18.2 Å². The molecule has 18 heavy (non-hydrogen) atoms. The fourth-order valence-electron chi connectivity index (χ4n) is 2.55. The minimum absolute atomic E-state index is 0.291. The Morgan fingerprint density at radius 3 is 2.83 bits per heavy atom. The van der Waals surface area contributed by atoms with Gasteiger partial charge in [0, 0.05) is 30.3 Å². The average molecular weight is 247 g/mol. The second-order valence-electron chi connectivity index (χ2n) is 4.40. The van der Waals surface area contributed by atoms with Gasteiger partial charge < -0.3 is 15.4 Å². The van der Waals surface area contributed by atoms with E-state index in [9.17, 15) is 9.59 Å². The van der Waals surface area contributed by atoms with E-state index in [1.165, 1.54) is 0 Å². The molecule has 6 nitrogen and oxygen atoms in total. The van der Waals surface area contributed by atoms with Crippen LogP contribution in [-0.2, 0) is 10.3 Å². The summed E-state index contributed by atoms with van der Waals surface area (Å²) in [5.74, 6) is 0.420. The largest absolute Gasteiger partial charge is 0.497 e. The van der Waals surface area contributed by atoms with Gasteiger partial charge in [-0.15, -0.1) is 0 Å². The van der Waals surface area contributed by atoms with Gasteiger partial charge in [0.05, 0.1) is 7.11 Å². The third-order valence-corrected chi connectivity index (χ3v) is 3.44. The highest BCUT2D eigenvalue weighted by molar-refractivity contribution is 6.08. The molecule has 3 rings (SSSR count). The lowest BCUT2D eigenvalue weighted by atomic mass is 9.83. The van der Waals surface area contributed by atoms with E-state index in [2.05, 4.69) is 16.0 Å². The van der Waals surface area contributed by atoms with E-state index in [-0.39, 0.29) is 5.91 Å². The summed E-state index contributed by atoms with van der Waals surface area (Å²) in [6, 6.07) is 4.98. The standard InChI is InChI=1S/C12H13N3O3/c1-18-7-2-3-8-9(6-7)13-5-4-12(8)10(16)14-11(17)15-12/h2-3,6,13H,4-5H2,1H3,(H2,14,15,16,17). The molecule has 1 spiro atoms. The molecule has 6 heteroatoms. The quantitative estimate of drug-likeness (QED) is 0.633. The predicted molar refractivity (Wildman–Crippen MR) is 64.5 cm³/mol. The van der Waals surface area contributed by atoms with Crippen LogP contribution in [0.3, 0.4) is 0 Å². The van der Waals surface area contributed by atoms with E-state index in [4.69, 9.17) is 4.74 Å². The lowest BCUT2D eigenvalue weighted by Gasteiger charge is -2.33. The number of carbonyl (C=O) groups excluding carboxylic acids is 2. The number of methoxy groups -OCH3 is 1. The second-order valence-corrected chi connectivity index (χ2v) is 4.40. The highest BCUT2D eigenvalue weighted by Gasteiger charge is 2.49. The van der Waals surface area contributed by atoms with Crippen LogP contribution < -0.4 is 20.7 Å². The van der Waals surface area contributed by atoms with Crippen molar-refractivity contribution in [1.29, 1.82) is 0 Å². The summed E-state index contributed by atoms with van der Waals surface area (Å²) in [7, 11) is 1.59. The molecule has 2 heterocycles. The maximum atomic E-state index is 12.0. The van der Waals surface area contributed by atoms with Crippen molar-refractivity contribution < 1.29 is 14.3 Å². The monoisotopic (exact) mass is 247 g/mol. The summed E-state index contributed by atoms with van der Waals surface area (Å²) < 4.78 is 5.15. The van der Waals surface area contributed by atoms with Crippen LogP contribution in [0.1, 0.15) is 12.0 Å². The summed E-state index contributed by atoms with van der Waals surface area (Å²) in [4.78, 5) is 23.4. The van der Waals surface area contributed by atoms with Gasteiger partial charge in [0.15, 0.2) is 0 Å². The number of carbonyl (C=O) groups is 2. The van der Waals surface area contributed by atoms with E-state index in [0.29, 0.717) is 18.7 Å². The SMILES string of the molecule is COc1ccc2c(c1)NCCC21NC(=O)NC1=O. The first kappa shape index (κ1) is 10.9. The Kier molecular flexibility index (Phi) is 2.19. The molecule has 94 valence electrons. The number of hydrogen-bond acceptors (Lipinski definition) is 4. The Morgan fingerprint density at radius 1 is 1.33 bits per heavy atom. The van der Waals surface area contributed by atoms with Crippen LogP contribution >= 0.6 is 0 Å². The van der Waals surface area contributed by atoms with E-state index in [0.717, 1.165) is 11.3 Å². The first-order valence-electron chi connectivity index (χ1n) is 5.72. The van der Waals surface area contributed by atoms with Crippen LogP contribution in [0.25, 0.3) is 0 Å². The molecule has 1 atom stereocenters. The smallest absolute Gasteiger partial charge is 0.322 e. The van der Waals surface area contributed by atoms with Crippen molar-refractivity contribution in [3.8, 4) is 5.75 Å². The Hall–Kier alpha value is -2.24. The van der Waals surface area contributed by atoms with E-state index in [1.54, 1.807) is 13.2 Å². The Balaban J connectivity index is 2.12. The van der Waals surface area contributed by atoms with Gasteiger partial charge in [-0.3, -0.25) is 10.1 Å². The first-order valence-corrected chi connectivity index (χ1v) is 5.72. The number of benzene rings is 1. The minimum Gasteiger partial charge on any atom is -0.497 e. The van der Waals surface area contributed by atoms with Gasteiger partial charge in [-0.05, 0) is 6.07 Å². The summed E-state index contributed by atoms with van der Waals surface area (Å²) >= 11 is 0. The molecule has 1 aromatic carbocycles. The lowest BCUT2D eigenvalue weighted by molar-refractivity contribution is -0.124. The maximum absolute atomic E-state index is 12.0. The number of hydrogen-bond donors (Lipinski definition) is 3. The zero-order valence-electron chi connectivity index (χ0n) is 9.87. The molecule has 0 saturated carbocycles. The van der Waals surface area contributed by atoms with Gasteiger partial charge in [0.1, 0.15) is 11.3 Å². The molecule has 0 aliphatic carbocycles. The predicted octanol–water partition coefficient (Wildman–Crippen LogP) is 0.545. The Labute approximate surface area is 104 Å².